The van der Waals surface area contributed by atoms with Gasteiger partial charge in [-0.15, -0.1) is 0 Å². The van der Waals surface area contributed by atoms with E-state index in [0.29, 0.717) is 17.9 Å². The van der Waals surface area contributed by atoms with E-state index in [-0.39, 0.29) is 11.6 Å². The maximum Gasteiger partial charge on any atom is 0.335 e. The summed E-state index contributed by atoms with van der Waals surface area (Å²) >= 11 is 0. The molecule has 0 radical (unpaired) electrons. The number of anilines is 2. The van der Waals surface area contributed by atoms with E-state index in [2.05, 4.69) is 10.6 Å². The normalized spacial score (nSPS) is 9.90. The molecular formula is C15H15N3O3. The number of aromatic carboxylic acids is 1. The highest BCUT2D eigenvalue weighted by atomic mass is 16.4. The van der Waals surface area contributed by atoms with E-state index in [4.69, 9.17) is 10.8 Å². The van der Waals surface area contributed by atoms with Crippen LogP contribution in [0.4, 0.5) is 16.2 Å². The molecule has 0 aliphatic heterocycles. The molecule has 0 spiro atoms. The number of carbonyl (C=O) groups excluding carboxylic acids is 1. The molecule has 0 atom stereocenters. The molecule has 0 aliphatic carbocycles. The molecule has 2 aromatic rings. The zero-order valence-electron chi connectivity index (χ0n) is 11.2. The molecule has 2 aromatic carbocycles. The van der Waals surface area contributed by atoms with Gasteiger partial charge in [0.1, 0.15) is 0 Å². The van der Waals surface area contributed by atoms with Crippen molar-refractivity contribution in [3.05, 3.63) is 59.7 Å². The molecule has 0 fully saturated rings. The number of rotatable bonds is 4. The Hall–Kier alpha value is -3.02. The molecule has 21 heavy (non-hydrogen) atoms. The Balaban J connectivity index is 1.86. The second-order valence-electron chi connectivity index (χ2n) is 4.43. The van der Waals surface area contributed by atoms with Crippen molar-refractivity contribution in [2.24, 2.45) is 0 Å². The molecule has 0 aliphatic rings. The third-order valence-corrected chi connectivity index (χ3v) is 2.82. The molecule has 0 aromatic heterocycles. The van der Waals surface area contributed by atoms with Gasteiger partial charge in [0, 0.05) is 17.9 Å². The Kier molecular flexibility index (Phi) is 4.40. The summed E-state index contributed by atoms with van der Waals surface area (Å²) in [6.07, 6.45) is 0. The molecule has 108 valence electrons. The van der Waals surface area contributed by atoms with Crippen molar-refractivity contribution in [2.75, 3.05) is 11.1 Å². The van der Waals surface area contributed by atoms with Gasteiger partial charge in [0.15, 0.2) is 0 Å². The molecule has 2 rings (SSSR count). The van der Waals surface area contributed by atoms with Crippen LogP contribution in [0.25, 0.3) is 0 Å². The molecule has 0 bridgehead atoms. The maximum atomic E-state index is 11.7. The Bertz CT molecular complexity index is 636. The molecule has 6 heteroatoms. The van der Waals surface area contributed by atoms with Crippen LogP contribution in [0.15, 0.2) is 48.5 Å². The number of carboxylic acid groups (broad SMARTS) is 1. The number of hydrogen-bond donors (Lipinski definition) is 4. The fourth-order valence-corrected chi connectivity index (χ4v) is 1.69. The first-order valence-corrected chi connectivity index (χ1v) is 6.27. The van der Waals surface area contributed by atoms with E-state index in [1.807, 2.05) is 0 Å². The number of nitrogens with two attached hydrogens (primary N) is 1. The maximum absolute atomic E-state index is 11.7. The summed E-state index contributed by atoms with van der Waals surface area (Å²) in [6.45, 7) is 0.306. The van der Waals surface area contributed by atoms with Gasteiger partial charge in [0.25, 0.3) is 0 Å². The number of hydrogen-bond acceptors (Lipinski definition) is 3. The summed E-state index contributed by atoms with van der Waals surface area (Å²) in [5.41, 5.74) is 7.85. The first-order valence-electron chi connectivity index (χ1n) is 6.27. The van der Waals surface area contributed by atoms with Gasteiger partial charge in [-0.3, -0.25) is 0 Å². The molecule has 5 N–H and O–H groups in total. The monoisotopic (exact) mass is 285 g/mol. The Morgan fingerprint density at radius 2 is 1.62 bits per heavy atom. The smallest absolute Gasteiger partial charge is 0.335 e. The predicted molar refractivity (Wildman–Crippen MR) is 80.1 cm³/mol. The molecule has 0 unspecified atom stereocenters. The number of urea groups is 1. The average Bonchev–Trinajstić information content (AvgIpc) is 2.48. The standard InChI is InChI=1S/C15H15N3O3/c16-12-5-7-13(8-6-12)18-15(21)17-9-10-1-3-11(4-2-10)14(19)20/h1-8H,9,16H2,(H,19,20)(H2,17,18,21). The topological polar surface area (TPSA) is 104 Å². The van der Waals surface area contributed by atoms with Gasteiger partial charge in [0.2, 0.25) is 0 Å². The van der Waals surface area contributed by atoms with Gasteiger partial charge in [-0.2, -0.15) is 0 Å². The van der Waals surface area contributed by atoms with Gasteiger partial charge >= 0.3 is 12.0 Å². The third kappa shape index (κ3) is 4.24. The van der Waals surface area contributed by atoms with Crippen LogP contribution in [0.2, 0.25) is 0 Å². The molecule has 2 amide bonds. The minimum atomic E-state index is -0.976. The van der Waals surface area contributed by atoms with Crippen molar-refractivity contribution >= 4 is 23.4 Å². The number of nitrogen functional groups attached to an aromatic ring is 1. The van der Waals surface area contributed by atoms with Crippen LogP contribution < -0.4 is 16.4 Å². The molecule has 6 nitrogen and oxygen atoms in total. The lowest BCUT2D eigenvalue weighted by atomic mass is 10.1. The van der Waals surface area contributed by atoms with Crippen molar-refractivity contribution in [1.82, 2.24) is 5.32 Å². The number of amides is 2. The minimum Gasteiger partial charge on any atom is -0.478 e. The second-order valence-corrected chi connectivity index (χ2v) is 4.43. The van der Waals surface area contributed by atoms with Gasteiger partial charge in [-0.05, 0) is 42.0 Å². The van der Waals surface area contributed by atoms with Crippen molar-refractivity contribution < 1.29 is 14.7 Å². The highest BCUT2D eigenvalue weighted by molar-refractivity contribution is 5.89. The van der Waals surface area contributed by atoms with Crippen molar-refractivity contribution in [3.8, 4) is 0 Å². The summed E-state index contributed by atoms with van der Waals surface area (Å²) in [7, 11) is 0. The summed E-state index contributed by atoms with van der Waals surface area (Å²) in [6, 6.07) is 12.8. The van der Waals surface area contributed by atoms with E-state index in [1.54, 1.807) is 36.4 Å². The number of carbonyl (C=O) groups is 2. The van der Waals surface area contributed by atoms with Crippen molar-refractivity contribution in [1.29, 1.82) is 0 Å². The molecule has 0 heterocycles. The van der Waals surface area contributed by atoms with Crippen LogP contribution in [0.3, 0.4) is 0 Å². The van der Waals surface area contributed by atoms with Gasteiger partial charge in [0.05, 0.1) is 5.56 Å². The summed E-state index contributed by atoms with van der Waals surface area (Å²) in [5.74, 6) is -0.976. The van der Waals surface area contributed by atoms with Crippen LogP contribution in [0.5, 0.6) is 0 Å². The highest BCUT2D eigenvalue weighted by Crippen LogP contribution is 2.10. The van der Waals surface area contributed by atoms with E-state index < -0.39 is 5.97 Å². The van der Waals surface area contributed by atoms with E-state index in [9.17, 15) is 9.59 Å². The first-order chi connectivity index (χ1) is 10.0. The zero-order chi connectivity index (χ0) is 15.2. The molecule has 0 saturated heterocycles. The van der Waals surface area contributed by atoms with Crippen LogP contribution in [-0.4, -0.2) is 17.1 Å². The van der Waals surface area contributed by atoms with Crippen LogP contribution in [-0.2, 0) is 6.54 Å². The van der Waals surface area contributed by atoms with E-state index >= 15 is 0 Å². The van der Waals surface area contributed by atoms with Gasteiger partial charge < -0.3 is 21.5 Å². The zero-order valence-corrected chi connectivity index (χ0v) is 11.2. The molecular weight excluding hydrogens is 270 g/mol. The first kappa shape index (κ1) is 14.4. The second kappa shape index (κ2) is 6.42. The highest BCUT2D eigenvalue weighted by Gasteiger charge is 2.04. The number of benzene rings is 2. The lowest BCUT2D eigenvalue weighted by molar-refractivity contribution is 0.0697. The number of carboxylic acids is 1. The molecule has 0 saturated carbocycles. The van der Waals surface area contributed by atoms with Gasteiger partial charge in [-0.25, -0.2) is 9.59 Å². The Labute approximate surface area is 121 Å². The number of nitrogens with one attached hydrogen (secondary N) is 2. The minimum absolute atomic E-state index is 0.213. The SMILES string of the molecule is Nc1ccc(NC(=O)NCc2ccc(C(=O)O)cc2)cc1. The summed E-state index contributed by atoms with van der Waals surface area (Å²) < 4.78 is 0. The van der Waals surface area contributed by atoms with Gasteiger partial charge in [-0.1, -0.05) is 12.1 Å². The van der Waals surface area contributed by atoms with Crippen LogP contribution in [0.1, 0.15) is 15.9 Å². The lowest BCUT2D eigenvalue weighted by Gasteiger charge is -2.08. The largest absolute Gasteiger partial charge is 0.478 e. The third-order valence-electron chi connectivity index (χ3n) is 2.82. The fourth-order valence-electron chi connectivity index (χ4n) is 1.69. The quantitative estimate of drug-likeness (QED) is 0.647. The lowest BCUT2D eigenvalue weighted by Crippen LogP contribution is -2.28. The predicted octanol–water partition coefficient (Wildman–Crippen LogP) is 2.29. The van der Waals surface area contributed by atoms with Crippen molar-refractivity contribution in [3.63, 3.8) is 0 Å². The summed E-state index contributed by atoms with van der Waals surface area (Å²) in [5, 5.41) is 14.1. The van der Waals surface area contributed by atoms with Crippen LogP contribution in [0, 0.1) is 0 Å². The van der Waals surface area contributed by atoms with E-state index in [0.717, 1.165) is 5.56 Å². The Morgan fingerprint density at radius 1 is 1.00 bits per heavy atom. The van der Waals surface area contributed by atoms with Crippen LogP contribution >= 0.6 is 0 Å². The van der Waals surface area contributed by atoms with E-state index in [1.165, 1.54) is 12.1 Å². The Morgan fingerprint density at radius 3 is 2.19 bits per heavy atom. The fraction of sp³-hybridized carbons (Fsp3) is 0.0667. The summed E-state index contributed by atoms with van der Waals surface area (Å²) in [4.78, 5) is 22.4. The average molecular weight is 285 g/mol. The van der Waals surface area contributed by atoms with Crippen molar-refractivity contribution in [2.45, 2.75) is 6.54 Å².